The number of nitrogens with one attached hydrogen (secondary N) is 1. The molecule has 0 unspecified atom stereocenters. The zero-order chi connectivity index (χ0) is 13.8. The van der Waals surface area contributed by atoms with Crippen LogP contribution in [0.15, 0.2) is 24.3 Å². The molecule has 19 heavy (non-hydrogen) atoms. The standard InChI is InChI=1S/C15H24N2O.ClH/c1-11-7-5-6-8-12(11)9-10-17-14(18)13(16)15(2,3)4;/h5-8,13H,9-10,16H2,1-4H3,(H,17,18);1H/t13-;/m1./s1. The van der Waals surface area contributed by atoms with Crippen molar-refractivity contribution in [2.24, 2.45) is 11.1 Å². The van der Waals surface area contributed by atoms with Crippen LogP contribution in [-0.2, 0) is 11.2 Å². The van der Waals surface area contributed by atoms with Gasteiger partial charge >= 0.3 is 0 Å². The van der Waals surface area contributed by atoms with Gasteiger partial charge in [-0.25, -0.2) is 0 Å². The van der Waals surface area contributed by atoms with E-state index < -0.39 is 6.04 Å². The molecule has 1 amide bonds. The molecule has 1 rings (SSSR count). The molecule has 0 aliphatic heterocycles. The van der Waals surface area contributed by atoms with Crippen molar-refractivity contribution < 1.29 is 4.79 Å². The van der Waals surface area contributed by atoms with Crippen molar-refractivity contribution in [2.45, 2.75) is 40.2 Å². The highest BCUT2D eigenvalue weighted by atomic mass is 35.5. The summed E-state index contributed by atoms with van der Waals surface area (Å²) >= 11 is 0. The SMILES string of the molecule is Cc1ccccc1CCNC(=O)[C@@H](N)C(C)(C)C.Cl. The Balaban J connectivity index is 0.00000324. The zero-order valence-electron chi connectivity index (χ0n) is 12.2. The number of carbonyl (C=O) groups excluding carboxylic acids is 1. The third-order valence-corrected chi connectivity index (χ3v) is 3.17. The summed E-state index contributed by atoms with van der Waals surface area (Å²) in [6.07, 6.45) is 0.843. The highest BCUT2D eigenvalue weighted by Gasteiger charge is 2.26. The van der Waals surface area contributed by atoms with Gasteiger partial charge in [-0.2, -0.15) is 0 Å². The Morgan fingerprint density at radius 1 is 1.32 bits per heavy atom. The molecule has 0 bridgehead atoms. The van der Waals surface area contributed by atoms with Crippen molar-refractivity contribution >= 4 is 18.3 Å². The van der Waals surface area contributed by atoms with Gasteiger partial charge in [0, 0.05) is 6.54 Å². The maximum absolute atomic E-state index is 11.8. The molecule has 108 valence electrons. The Labute approximate surface area is 122 Å². The number of benzene rings is 1. The number of rotatable bonds is 4. The fourth-order valence-corrected chi connectivity index (χ4v) is 1.71. The van der Waals surface area contributed by atoms with E-state index in [9.17, 15) is 4.79 Å². The minimum absolute atomic E-state index is 0. The van der Waals surface area contributed by atoms with Gasteiger partial charge in [-0.1, -0.05) is 45.0 Å². The summed E-state index contributed by atoms with van der Waals surface area (Å²) in [6.45, 7) is 8.63. The predicted octanol–water partition coefficient (Wildman–Crippen LogP) is 2.45. The van der Waals surface area contributed by atoms with Crippen LogP contribution >= 0.6 is 12.4 Å². The van der Waals surface area contributed by atoms with E-state index in [-0.39, 0.29) is 23.7 Å². The van der Waals surface area contributed by atoms with Gasteiger partial charge in [0.25, 0.3) is 0 Å². The fourth-order valence-electron chi connectivity index (χ4n) is 1.71. The Morgan fingerprint density at radius 3 is 2.42 bits per heavy atom. The Hall–Kier alpha value is -1.06. The van der Waals surface area contributed by atoms with Gasteiger partial charge in [0.05, 0.1) is 6.04 Å². The number of carbonyl (C=O) groups is 1. The maximum Gasteiger partial charge on any atom is 0.237 e. The molecule has 0 heterocycles. The Kier molecular flexibility index (Phi) is 7.09. The lowest BCUT2D eigenvalue weighted by Gasteiger charge is -2.25. The van der Waals surface area contributed by atoms with E-state index in [1.165, 1.54) is 11.1 Å². The first kappa shape index (κ1) is 17.9. The molecule has 1 atom stereocenters. The Bertz CT molecular complexity index is 413. The third-order valence-electron chi connectivity index (χ3n) is 3.17. The first-order valence-corrected chi connectivity index (χ1v) is 6.40. The van der Waals surface area contributed by atoms with Crippen molar-refractivity contribution in [3.05, 3.63) is 35.4 Å². The lowest BCUT2D eigenvalue weighted by atomic mass is 9.87. The average molecular weight is 285 g/mol. The number of aryl methyl sites for hydroxylation is 1. The van der Waals surface area contributed by atoms with Crippen LogP contribution in [0.5, 0.6) is 0 Å². The second kappa shape index (κ2) is 7.51. The molecular weight excluding hydrogens is 260 g/mol. The monoisotopic (exact) mass is 284 g/mol. The van der Waals surface area contributed by atoms with E-state index >= 15 is 0 Å². The van der Waals surface area contributed by atoms with Crippen LogP contribution in [-0.4, -0.2) is 18.5 Å². The third kappa shape index (κ3) is 5.62. The van der Waals surface area contributed by atoms with E-state index in [1.807, 2.05) is 32.9 Å². The number of nitrogens with two attached hydrogens (primary N) is 1. The van der Waals surface area contributed by atoms with Crippen molar-refractivity contribution in [3.63, 3.8) is 0 Å². The van der Waals surface area contributed by atoms with Crippen molar-refractivity contribution in [3.8, 4) is 0 Å². The average Bonchev–Trinajstić information content (AvgIpc) is 2.29. The first-order chi connectivity index (χ1) is 8.32. The van der Waals surface area contributed by atoms with Crippen LogP contribution in [0.25, 0.3) is 0 Å². The predicted molar refractivity (Wildman–Crippen MR) is 82.6 cm³/mol. The molecule has 1 aromatic rings. The van der Waals surface area contributed by atoms with Crippen LogP contribution in [0.1, 0.15) is 31.9 Å². The van der Waals surface area contributed by atoms with Gasteiger partial charge in [0.1, 0.15) is 0 Å². The normalized spacial score (nSPS) is 12.5. The van der Waals surface area contributed by atoms with Gasteiger partial charge in [-0.15, -0.1) is 12.4 Å². The number of hydrogen-bond acceptors (Lipinski definition) is 2. The molecule has 0 fully saturated rings. The van der Waals surface area contributed by atoms with Crippen molar-refractivity contribution in [2.75, 3.05) is 6.54 Å². The van der Waals surface area contributed by atoms with Crippen molar-refractivity contribution in [1.82, 2.24) is 5.32 Å². The molecular formula is C15H25ClN2O. The molecule has 3 N–H and O–H groups in total. The van der Waals surface area contributed by atoms with Crippen LogP contribution in [0.3, 0.4) is 0 Å². The number of hydrogen-bond donors (Lipinski definition) is 2. The Morgan fingerprint density at radius 2 is 1.89 bits per heavy atom. The largest absolute Gasteiger partial charge is 0.354 e. The maximum atomic E-state index is 11.8. The zero-order valence-corrected chi connectivity index (χ0v) is 13.0. The minimum Gasteiger partial charge on any atom is -0.354 e. The fraction of sp³-hybridized carbons (Fsp3) is 0.533. The number of halogens is 1. The summed E-state index contributed by atoms with van der Waals surface area (Å²) in [6, 6.07) is 7.75. The molecule has 0 aliphatic carbocycles. The highest BCUT2D eigenvalue weighted by molar-refractivity contribution is 5.85. The van der Waals surface area contributed by atoms with Gasteiger partial charge in [0.2, 0.25) is 5.91 Å². The molecule has 0 aliphatic rings. The van der Waals surface area contributed by atoms with Crippen LogP contribution < -0.4 is 11.1 Å². The van der Waals surface area contributed by atoms with Crippen LogP contribution in [0.4, 0.5) is 0 Å². The van der Waals surface area contributed by atoms with Crippen LogP contribution in [0.2, 0.25) is 0 Å². The van der Waals surface area contributed by atoms with Gasteiger partial charge in [-0.05, 0) is 29.9 Å². The second-order valence-corrected chi connectivity index (χ2v) is 5.81. The second-order valence-electron chi connectivity index (χ2n) is 5.81. The molecule has 0 saturated heterocycles. The molecule has 3 nitrogen and oxygen atoms in total. The lowest BCUT2D eigenvalue weighted by Crippen LogP contribution is -2.49. The first-order valence-electron chi connectivity index (χ1n) is 6.40. The van der Waals surface area contributed by atoms with E-state index in [4.69, 9.17) is 5.73 Å². The quantitative estimate of drug-likeness (QED) is 0.892. The molecule has 0 spiro atoms. The molecule has 1 aromatic carbocycles. The van der Waals surface area contributed by atoms with E-state index in [0.29, 0.717) is 6.54 Å². The topological polar surface area (TPSA) is 55.1 Å². The van der Waals surface area contributed by atoms with E-state index in [2.05, 4.69) is 24.4 Å². The molecule has 0 saturated carbocycles. The summed E-state index contributed by atoms with van der Waals surface area (Å²) in [5.74, 6) is -0.0731. The smallest absolute Gasteiger partial charge is 0.237 e. The molecule has 0 radical (unpaired) electrons. The highest BCUT2D eigenvalue weighted by Crippen LogP contribution is 2.17. The van der Waals surface area contributed by atoms with Crippen molar-refractivity contribution in [1.29, 1.82) is 0 Å². The summed E-state index contributed by atoms with van der Waals surface area (Å²) in [4.78, 5) is 11.8. The van der Waals surface area contributed by atoms with Gasteiger partial charge < -0.3 is 11.1 Å². The van der Waals surface area contributed by atoms with E-state index in [1.54, 1.807) is 0 Å². The summed E-state index contributed by atoms with van der Waals surface area (Å²) in [7, 11) is 0. The van der Waals surface area contributed by atoms with E-state index in [0.717, 1.165) is 6.42 Å². The molecule has 4 heteroatoms. The molecule has 0 aromatic heterocycles. The summed E-state index contributed by atoms with van der Waals surface area (Å²) in [5.41, 5.74) is 8.21. The lowest BCUT2D eigenvalue weighted by molar-refractivity contribution is -0.124. The summed E-state index contributed by atoms with van der Waals surface area (Å²) in [5, 5.41) is 2.90. The minimum atomic E-state index is -0.464. The summed E-state index contributed by atoms with van der Waals surface area (Å²) < 4.78 is 0. The van der Waals surface area contributed by atoms with Gasteiger partial charge in [0.15, 0.2) is 0 Å². The number of amides is 1. The van der Waals surface area contributed by atoms with Gasteiger partial charge in [-0.3, -0.25) is 4.79 Å². The van der Waals surface area contributed by atoms with Crippen LogP contribution in [0, 0.1) is 12.3 Å².